The third-order valence-electron chi connectivity index (χ3n) is 4.66. The van der Waals surface area contributed by atoms with E-state index < -0.39 is 0 Å². The van der Waals surface area contributed by atoms with Crippen LogP contribution in [0.1, 0.15) is 59.8 Å². The Hall–Kier alpha value is -1.08. The Morgan fingerprint density at radius 3 is 1.95 bits per heavy atom. The van der Waals surface area contributed by atoms with Gasteiger partial charge in [-0.3, -0.25) is 0 Å². The molecule has 21 heavy (non-hydrogen) atoms. The number of alkyl halides is 1. The monoisotopic (exact) mass is 344 g/mol. The van der Waals surface area contributed by atoms with Gasteiger partial charge in [-0.25, -0.2) is 0 Å². The zero-order valence-corrected chi connectivity index (χ0v) is 15.3. The Bertz CT molecular complexity index is 588. The Morgan fingerprint density at radius 2 is 1.48 bits per heavy atom. The molecule has 1 heteroatoms. The van der Waals surface area contributed by atoms with Crippen LogP contribution < -0.4 is 0 Å². The van der Waals surface area contributed by atoms with Crippen LogP contribution in [0.5, 0.6) is 0 Å². The average molecular weight is 345 g/mol. The molecular formula is C20H25Br. The van der Waals surface area contributed by atoms with Gasteiger partial charge in [0.1, 0.15) is 0 Å². The topological polar surface area (TPSA) is 0 Å². The van der Waals surface area contributed by atoms with Crippen molar-refractivity contribution in [3.8, 4) is 0 Å². The Morgan fingerprint density at radius 1 is 0.952 bits per heavy atom. The van der Waals surface area contributed by atoms with E-state index in [1.54, 1.807) is 0 Å². The predicted octanol–water partition coefficient (Wildman–Crippen LogP) is 6.48. The van der Waals surface area contributed by atoms with Crippen LogP contribution in [-0.4, -0.2) is 0 Å². The summed E-state index contributed by atoms with van der Waals surface area (Å²) in [4.78, 5) is 0.262. The molecule has 0 saturated carbocycles. The second-order valence-electron chi connectivity index (χ2n) is 6.53. The van der Waals surface area contributed by atoms with Gasteiger partial charge >= 0.3 is 0 Å². The van der Waals surface area contributed by atoms with E-state index in [9.17, 15) is 0 Å². The van der Waals surface area contributed by atoms with Crippen molar-refractivity contribution in [3.05, 3.63) is 70.3 Å². The standard InChI is InChI=1S/C20H25Br/c1-6-20(4,5)17-12-10-16(11-13-17)19(21)18-14(2)8-7-9-15(18)3/h7-13,19H,6H2,1-5H3. The van der Waals surface area contributed by atoms with Gasteiger partial charge in [0.15, 0.2) is 0 Å². The smallest absolute Gasteiger partial charge is 0.0649 e. The fourth-order valence-electron chi connectivity index (χ4n) is 2.70. The van der Waals surface area contributed by atoms with Crippen molar-refractivity contribution < 1.29 is 0 Å². The minimum absolute atomic E-state index is 0.249. The molecule has 2 aromatic rings. The summed E-state index contributed by atoms with van der Waals surface area (Å²) in [5, 5.41) is 0. The molecule has 0 bridgehead atoms. The molecule has 0 N–H and O–H groups in total. The molecule has 0 nitrogen and oxygen atoms in total. The summed E-state index contributed by atoms with van der Waals surface area (Å²) in [6, 6.07) is 15.6. The van der Waals surface area contributed by atoms with E-state index in [1.165, 1.54) is 27.8 Å². The first-order valence-corrected chi connectivity index (χ1v) is 8.59. The quantitative estimate of drug-likeness (QED) is 0.557. The summed E-state index contributed by atoms with van der Waals surface area (Å²) in [5.74, 6) is 0. The number of rotatable bonds is 4. The molecule has 2 aromatic carbocycles. The van der Waals surface area contributed by atoms with Gasteiger partial charge in [-0.15, -0.1) is 0 Å². The zero-order valence-electron chi connectivity index (χ0n) is 13.7. The number of aryl methyl sites for hydroxylation is 2. The summed E-state index contributed by atoms with van der Waals surface area (Å²) in [6.45, 7) is 11.2. The molecule has 1 unspecified atom stereocenters. The fraction of sp³-hybridized carbons (Fsp3) is 0.400. The second kappa shape index (κ2) is 6.36. The Kier molecular flexibility index (Phi) is 4.93. The van der Waals surface area contributed by atoms with Gasteiger partial charge in [0.2, 0.25) is 0 Å². The molecule has 0 aliphatic heterocycles. The van der Waals surface area contributed by atoms with Crippen molar-refractivity contribution in [3.63, 3.8) is 0 Å². The largest absolute Gasteiger partial charge is 0.0786 e. The van der Waals surface area contributed by atoms with E-state index in [4.69, 9.17) is 0 Å². The molecule has 0 aromatic heterocycles. The van der Waals surface area contributed by atoms with E-state index in [-0.39, 0.29) is 10.2 Å². The minimum atomic E-state index is 0.249. The molecule has 1 atom stereocenters. The van der Waals surface area contributed by atoms with Crippen molar-refractivity contribution in [2.75, 3.05) is 0 Å². The summed E-state index contributed by atoms with van der Waals surface area (Å²) in [7, 11) is 0. The molecule has 0 aliphatic carbocycles. The number of halogens is 1. The van der Waals surface area contributed by atoms with Crippen LogP contribution >= 0.6 is 15.9 Å². The summed E-state index contributed by atoms with van der Waals surface area (Å²) >= 11 is 3.89. The van der Waals surface area contributed by atoms with Crippen LogP contribution in [-0.2, 0) is 5.41 Å². The molecule has 112 valence electrons. The molecule has 2 rings (SSSR count). The van der Waals surface area contributed by atoms with Crippen LogP contribution in [0.15, 0.2) is 42.5 Å². The maximum Gasteiger partial charge on any atom is 0.0649 e. The Labute approximate surface area is 137 Å². The van der Waals surface area contributed by atoms with Gasteiger partial charge in [0, 0.05) is 0 Å². The molecule has 0 amide bonds. The van der Waals surface area contributed by atoms with E-state index in [1.807, 2.05) is 0 Å². The van der Waals surface area contributed by atoms with E-state index >= 15 is 0 Å². The van der Waals surface area contributed by atoms with Crippen molar-refractivity contribution >= 4 is 15.9 Å². The SMILES string of the molecule is CCC(C)(C)c1ccc(C(Br)c2c(C)cccc2C)cc1. The first-order valence-electron chi connectivity index (χ1n) is 7.67. The van der Waals surface area contributed by atoms with Gasteiger partial charge in [-0.05, 0) is 53.5 Å². The average Bonchev–Trinajstić information content (AvgIpc) is 2.47. The van der Waals surface area contributed by atoms with Crippen molar-refractivity contribution in [1.29, 1.82) is 0 Å². The summed E-state index contributed by atoms with van der Waals surface area (Å²) in [5.41, 5.74) is 7.06. The van der Waals surface area contributed by atoms with Crippen LogP contribution in [0.3, 0.4) is 0 Å². The van der Waals surface area contributed by atoms with Crippen LogP contribution in [0.25, 0.3) is 0 Å². The maximum atomic E-state index is 3.89. The van der Waals surface area contributed by atoms with Gasteiger partial charge < -0.3 is 0 Å². The predicted molar refractivity (Wildman–Crippen MR) is 96.4 cm³/mol. The Balaban J connectivity index is 2.35. The third-order valence-corrected chi connectivity index (χ3v) is 5.65. The van der Waals surface area contributed by atoms with E-state index in [0.29, 0.717) is 0 Å². The lowest BCUT2D eigenvalue weighted by Gasteiger charge is -2.24. The minimum Gasteiger partial charge on any atom is -0.0786 e. The zero-order chi connectivity index (χ0) is 15.6. The lowest BCUT2D eigenvalue weighted by atomic mass is 9.82. The van der Waals surface area contributed by atoms with Gasteiger partial charge in [-0.1, -0.05) is 79.2 Å². The first kappa shape index (κ1) is 16.3. The highest BCUT2D eigenvalue weighted by molar-refractivity contribution is 9.09. The first-order chi connectivity index (χ1) is 9.86. The lowest BCUT2D eigenvalue weighted by Crippen LogP contribution is -2.15. The molecule has 0 heterocycles. The highest BCUT2D eigenvalue weighted by Gasteiger charge is 2.19. The third kappa shape index (κ3) is 3.40. The summed E-state index contributed by atoms with van der Waals surface area (Å²) in [6.07, 6.45) is 1.15. The second-order valence-corrected chi connectivity index (χ2v) is 7.44. The summed E-state index contributed by atoms with van der Waals surface area (Å²) < 4.78 is 0. The highest BCUT2D eigenvalue weighted by Crippen LogP contribution is 2.36. The van der Waals surface area contributed by atoms with Crippen LogP contribution in [0.4, 0.5) is 0 Å². The highest BCUT2D eigenvalue weighted by atomic mass is 79.9. The molecule has 0 radical (unpaired) electrons. The van der Waals surface area contributed by atoms with Crippen molar-refractivity contribution in [1.82, 2.24) is 0 Å². The van der Waals surface area contributed by atoms with Gasteiger partial charge in [0.25, 0.3) is 0 Å². The number of benzene rings is 2. The number of hydrogen-bond acceptors (Lipinski definition) is 0. The number of hydrogen-bond donors (Lipinski definition) is 0. The van der Waals surface area contributed by atoms with Crippen LogP contribution in [0.2, 0.25) is 0 Å². The molecule has 0 fully saturated rings. The van der Waals surface area contributed by atoms with Crippen LogP contribution in [0, 0.1) is 13.8 Å². The van der Waals surface area contributed by atoms with Gasteiger partial charge in [-0.2, -0.15) is 0 Å². The van der Waals surface area contributed by atoms with Crippen molar-refractivity contribution in [2.45, 2.75) is 51.3 Å². The van der Waals surface area contributed by atoms with Gasteiger partial charge in [0.05, 0.1) is 4.83 Å². The maximum absolute atomic E-state index is 3.89. The molecular weight excluding hydrogens is 320 g/mol. The van der Waals surface area contributed by atoms with E-state index in [2.05, 4.69) is 93.0 Å². The van der Waals surface area contributed by atoms with Crippen molar-refractivity contribution in [2.24, 2.45) is 0 Å². The fourth-order valence-corrected chi connectivity index (χ4v) is 3.73. The molecule has 0 aliphatic rings. The molecule has 0 spiro atoms. The normalized spacial score (nSPS) is 13.2. The molecule has 0 saturated heterocycles. The lowest BCUT2D eigenvalue weighted by molar-refractivity contribution is 0.506. The van der Waals surface area contributed by atoms with E-state index in [0.717, 1.165) is 6.42 Å².